The zero-order valence-electron chi connectivity index (χ0n) is 11.0. The molecule has 0 bridgehead atoms. The maximum absolute atomic E-state index is 5.93. The van der Waals surface area contributed by atoms with E-state index in [1.54, 1.807) is 0 Å². The molecule has 0 aliphatic rings. The Balaban J connectivity index is 1.94. The van der Waals surface area contributed by atoms with Gasteiger partial charge in [-0.25, -0.2) is 4.98 Å². The Morgan fingerprint density at radius 3 is 2.80 bits per heavy atom. The Bertz CT molecular complexity index is 727. The van der Waals surface area contributed by atoms with Crippen molar-refractivity contribution in [3.8, 4) is 5.88 Å². The van der Waals surface area contributed by atoms with Crippen LogP contribution >= 0.6 is 34.1 Å². The van der Waals surface area contributed by atoms with Gasteiger partial charge in [0.2, 0.25) is 5.88 Å². The Kier molecular flexibility index (Phi) is 4.16. The van der Waals surface area contributed by atoms with Crippen LogP contribution in [0.1, 0.15) is 16.8 Å². The molecule has 0 amide bonds. The molecule has 2 heterocycles. The van der Waals surface area contributed by atoms with E-state index >= 15 is 0 Å². The monoisotopic (exact) mass is 396 g/mol. The number of halogens is 1. The summed E-state index contributed by atoms with van der Waals surface area (Å²) in [6.07, 6.45) is 1.91. The van der Waals surface area contributed by atoms with Gasteiger partial charge in [-0.05, 0) is 24.0 Å². The van der Waals surface area contributed by atoms with E-state index in [1.165, 1.54) is 16.9 Å². The van der Waals surface area contributed by atoms with Crippen LogP contribution in [0.25, 0.3) is 10.1 Å². The number of pyridine rings is 1. The summed E-state index contributed by atoms with van der Waals surface area (Å²) in [4.78, 5) is 4.60. The molecule has 0 fully saturated rings. The highest BCUT2D eigenvalue weighted by Gasteiger charge is 2.14. The van der Waals surface area contributed by atoms with E-state index in [1.807, 2.05) is 31.3 Å². The molecule has 3 rings (SSSR count). The molecule has 5 heteroatoms. The van der Waals surface area contributed by atoms with Gasteiger partial charge in [0.25, 0.3) is 0 Å². The number of benzene rings is 1. The lowest BCUT2D eigenvalue weighted by atomic mass is 10.2. The van der Waals surface area contributed by atoms with Crippen molar-refractivity contribution >= 4 is 44.2 Å². The van der Waals surface area contributed by atoms with Crippen LogP contribution in [-0.2, 0) is 11.0 Å². The lowest BCUT2D eigenvalue weighted by molar-refractivity contribution is 0.292. The van der Waals surface area contributed by atoms with Gasteiger partial charge in [-0.3, -0.25) is 0 Å². The number of ether oxygens (including phenoxy) is 1. The topological polar surface area (TPSA) is 35.0 Å². The van der Waals surface area contributed by atoms with E-state index in [0.29, 0.717) is 6.61 Å². The number of fused-ring (bicyclic) bond motifs is 1. The first-order chi connectivity index (χ1) is 9.79. The fourth-order valence-corrected chi connectivity index (χ4v) is 3.53. The number of aryl methyl sites for hydroxylation is 1. The molecule has 0 saturated carbocycles. The summed E-state index contributed by atoms with van der Waals surface area (Å²) in [5.41, 5.74) is 3.27. The molecule has 2 aromatic heterocycles. The quantitative estimate of drug-likeness (QED) is 0.481. The van der Waals surface area contributed by atoms with Gasteiger partial charge in [0.1, 0.15) is 6.61 Å². The van der Waals surface area contributed by atoms with Gasteiger partial charge < -0.3 is 4.74 Å². The number of hydrogen-bond acceptors (Lipinski definition) is 4. The van der Waals surface area contributed by atoms with Crippen LogP contribution in [0.5, 0.6) is 5.88 Å². The standard InChI is InChI=1S/C15H13IN2OS/c1-10-14-13(8-17-20-14)12(7-16)15(18-10)19-9-11-5-3-2-4-6-11/h2-6,8H,7,9H2,1H3. The smallest absolute Gasteiger partial charge is 0.218 e. The molecule has 3 aromatic rings. The molecule has 0 spiro atoms. The van der Waals surface area contributed by atoms with Crippen LogP contribution in [0.3, 0.4) is 0 Å². The number of alkyl halides is 1. The predicted octanol–water partition coefficient (Wildman–Crippen LogP) is 4.51. The predicted molar refractivity (Wildman–Crippen MR) is 90.7 cm³/mol. The second-order valence-electron chi connectivity index (χ2n) is 4.46. The maximum Gasteiger partial charge on any atom is 0.218 e. The van der Waals surface area contributed by atoms with Crippen molar-refractivity contribution in [3.05, 3.63) is 53.3 Å². The Labute approximate surface area is 135 Å². The normalized spacial score (nSPS) is 10.9. The minimum Gasteiger partial charge on any atom is -0.473 e. The number of aromatic nitrogens is 2. The molecule has 3 nitrogen and oxygen atoms in total. The molecular weight excluding hydrogens is 383 g/mol. The molecular formula is C15H13IN2OS. The van der Waals surface area contributed by atoms with E-state index in [0.717, 1.165) is 31.8 Å². The lowest BCUT2D eigenvalue weighted by Gasteiger charge is -2.11. The molecule has 0 aliphatic carbocycles. The van der Waals surface area contributed by atoms with Crippen LogP contribution in [-0.4, -0.2) is 9.36 Å². The van der Waals surface area contributed by atoms with Crippen molar-refractivity contribution in [3.63, 3.8) is 0 Å². The van der Waals surface area contributed by atoms with E-state index in [4.69, 9.17) is 4.74 Å². The Morgan fingerprint density at radius 2 is 2.05 bits per heavy atom. The molecule has 0 radical (unpaired) electrons. The van der Waals surface area contributed by atoms with Gasteiger partial charge in [0, 0.05) is 21.6 Å². The van der Waals surface area contributed by atoms with Gasteiger partial charge in [0.15, 0.2) is 0 Å². The third kappa shape index (κ3) is 2.64. The van der Waals surface area contributed by atoms with E-state index < -0.39 is 0 Å². The van der Waals surface area contributed by atoms with E-state index in [2.05, 4.69) is 44.1 Å². The van der Waals surface area contributed by atoms with E-state index in [9.17, 15) is 0 Å². The summed E-state index contributed by atoms with van der Waals surface area (Å²) in [5, 5.41) is 1.17. The lowest BCUT2D eigenvalue weighted by Crippen LogP contribution is -2.01. The maximum atomic E-state index is 5.93. The number of nitrogens with zero attached hydrogens (tertiary/aromatic N) is 2. The summed E-state index contributed by atoms with van der Waals surface area (Å²) in [6, 6.07) is 10.2. The second-order valence-corrected chi connectivity index (χ2v) is 6.02. The first kappa shape index (κ1) is 13.8. The zero-order chi connectivity index (χ0) is 13.9. The van der Waals surface area contributed by atoms with Gasteiger partial charge in [-0.2, -0.15) is 4.37 Å². The van der Waals surface area contributed by atoms with Crippen LogP contribution in [0.15, 0.2) is 36.5 Å². The van der Waals surface area contributed by atoms with Crippen molar-refractivity contribution in [1.82, 2.24) is 9.36 Å². The second kappa shape index (κ2) is 6.05. The van der Waals surface area contributed by atoms with Gasteiger partial charge in [-0.15, -0.1) is 0 Å². The first-order valence-electron chi connectivity index (χ1n) is 6.26. The van der Waals surface area contributed by atoms with Crippen LogP contribution < -0.4 is 4.74 Å². The average molecular weight is 396 g/mol. The molecule has 102 valence electrons. The summed E-state index contributed by atoms with van der Waals surface area (Å²) in [5.74, 6) is 0.730. The molecule has 0 N–H and O–H groups in total. The molecule has 1 aromatic carbocycles. The highest BCUT2D eigenvalue weighted by molar-refractivity contribution is 14.1. The molecule has 0 saturated heterocycles. The van der Waals surface area contributed by atoms with Gasteiger partial charge in [0.05, 0.1) is 10.4 Å². The summed E-state index contributed by atoms with van der Waals surface area (Å²) in [7, 11) is 0. The van der Waals surface area contributed by atoms with E-state index in [-0.39, 0.29) is 0 Å². The minimum atomic E-state index is 0.542. The molecule has 0 aliphatic heterocycles. The fourth-order valence-electron chi connectivity index (χ4n) is 2.08. The molecule has 20 heavy (non-hydrogen) atoms. The highest BCUT2D eigenvalue weighted by atomic mass is 127. The van der Waals surface area contributed by atoms with Crippen molar-refractivity contribution < 1.29 is 4.74 Å². The third-order valence-corrected chi connectivity index (χ3v) is 4.78. The minimum absolute atomic E-state index is 0.542. The number of rotatable bonds is 4. The van der Waals surface area contributed by atoms with Crippen molar-refractivity contribution in [1.29, 1.82) is 0 Å². The summed E-state index contributed by atoms with van der Waals surface area (Å²) >= 11 is 3.84. The Hall–Kier alpha value is -1.21. The van der Waals surface area contributed by atoms with Crippen LogP contribution in [0.4, 0.5) is 0 Å². The average Bonchev–Trinajstić information content (AvgIpc) is 2.96. The van der Waals surface area contributed by atoms with Gasteiger partial charge >= 0.3 is 0 Å². The highest BCUT2D eigenvalue weighted by Crippen LogP contribution is 2.32. The van der Waals surface area contributed by atoms with Crippen molar-refractivity contribution in [2.45, 2.75) is 18.0 Å². The fraction of sp³-hybridized carbons (Fsp3) is 0.200. The SMILES string of the molecule is Cc1nc(OCc2ccccc2)c(CI)c2cnsc12. The number of hydrogen-bond donors (Lipinski definition) is 0. The Morgan fingerprint density at radius 1 is 1.25 bits per heavy atom. The largest absolute Gasteiger partial charge is 0.473 e. The first-order valence-corrected chi connectivity index (χ1v) is 8.56. The molecule has 0 atom stereocenters. The molecule has 0 unspecified atom stereocenters. The zero-order valence-corrected chi connectivity index (χ0v) is 13.9. The van der Waals surface area contributed by atoms with Gasteiger partial charge in [-0.1, -0.05) is 52.9 Å². The van der Waals surface area contributed by atoms with Crippen LogP contribution in [0.2, 0.25) is 0 Å². The summed E-state index contributed by atoms with van der Waals surface area (Å²) in [6.45, 7) is 2.55. The van der Waals surface area contributed by atoms with Crippen molar-refractivity contribution in [2.75, 3.05) is 0 Å². The van der Waals surface area contributed by atoms with Crippen molar-refractivity contribution in [2.24, 2.45) is 0 Å². The third-order valence-electron chi connectivity index (χ3n) is 3.10. The summed E-state index contributed by atoms with van der Waals surface area (Å²) < 4.78 is 12.2. The van der Waals surface area contributed by atoms with Crippen LogP contribution in [0, 0.1) is 6.92 Å².